The first kappa shape index (κ1) is 35.8. The van der Waals surface area contributed by atoms with Crippen LogP contribution in [-0.4, -0.2) is 18.3 Å². The summed E-state index contributed by atoms with van der Waals surface area (Å²) in [6.07, 6.45) is 6.80. The van der Waals surface area contributed by atoms with E-state index in [9.17, 15) is 10.5 Å². The molecule has 6 nitrogen and oxygen atoms in total. The fourth-order valence-electron chi connectivity index (χ4n) is 10.7. The van der Waals surface area contributed by atoms with Gasteiger partial charge in [-0.25, -0.2) is 0 Å². The lowest BCUT2D eigenvalue weighted by Crippen LogP contribution is -2.16. The molecule has 1 aliphatic rings. The Morgan fingerprint density at radius 1 is 0.548 bits per heavy atom. The van der Waals surface area contributed by atoms with E-state index >= 15 is 0 Å². The standard InChI is InChI=1S/C56H40N6/c1-3-4-16-35(2)59-43-23-12-8-19-39(43)53-47(59)27-29-49-55(53)41-21-10-14-25-45(41)61(49)51-31-37(34-58)52(32-36(51)33-57)62-46-26-15-11-22-42(46)56-50(62)30-28-48-54(56)40-20-9-13-24-44(40)60(48)38-17-6-5-7-18-38/h5-30,32,37H,3-4,31H2,1-2H3/b35-16+. The number of fused-ring (bicyclic) bond motifs is 14. The van der Waals surface area contributed by atoms with Crippen molar-refractivity contribution in [2.24, 2.45) is 5.92 Å². The van der Waals surface area contributed by atoms with Gasteiger partial charge in [0.1, 0.15) is 6.07 Å². The molecule has 62 heavy (non-hydrogen) atoms. The van der Waals surface area contributed by atoms with E-state index in [-0.39, 0.29) is 0 Å². The second-order valence-electron chi connectivity index (χ2n) is 16.5. The minimum atomic E-state index is -0.532. The molecule has 4 aromatic heterocycles. The Morgan fingerprint density at radius 3 is 1.60 bits per heavy atom. The number of hydrogen-bond acceptors (Lipinski definition) is 2. The minimum Gasteiger partial charge on any atom is -0.314 e. The number of para-hydroxylation sites is 5. The number of unbranched alkanes of at least 4 members (excludes halogenated alkanes) is 1. The van der Waals surface area contributed by atoms with Gasteiger partial charge in [-0.2, -0.15) is 10.5 Å². The van der Waals surface area contributed by atoms with Crippen molar-refractivity contribution in [3.05, 3.63) is 169 Å². The number of hydrogen-bond donors (Lipinski definition) is 0. The van der Waals surface area contributed by atoms with Gasteiger partial charge in [0.2, 0.25) is 0 Å². The largest absolute Gasteiger partial charge is 0.314 e. The maximum absolute atomic E-state index is 11.2. The third-order valence-corrected chi connectivity index (χ3v) is 13.2. The second-order valence-corrected chi connectivity index (χ2v) is 16.5. The summed E-state index contributed by atoms with van der Waals surface area (Å²) in [6.45, 7) is 4.42. The number of benzene rings is 7. The highest BCUT2D eigenvalue weighted by Crippen LogP contribution is 2.47. The molecule has 0 spiro atoms. The number of rotatable bonds is 6. The molecule has 11 aromatic rings. The van der Waals surface area contributed by atoms with Crippen LogP contribution < -0.4 is 0 Å². The van der Waals surface area contributed by atoms with E-state index in [1.165, 1.54) is 32.8 Å². The monoisotopic (exact) mass is 796 g/mol. The lowest BCUT2D eigenvalue weighted by Gasteiger charge is -2.25. The van der Waals surface area contributed by atoms with E-state index in [2.05, 4.69) is 202 Å². The van der Waals surface area contributed by atoms with E-state index < -0.39 is 5.92 Å². The third-order valence-electron chi connectivity index (χ3n) is 13.2. The van der Waals surface area contributed by atoms with Crippen LogP contribution in [0, 0.1) is 28.6 Å². The van der Waals surface area contributed by atoms with Crippen molar-refractivity contribution in [3.63, 3.8) is 0 Å². The summed E-state index contributed by atoms with van der Waals surface area (Å²) < 4.78 is 9.25. The fourth-order valence-corrected chi connectivity index (χ4v) is 10.7. The first-order valence-electron chi connectivity index (χ1n) is 21.5. The lowest BCUT2D eigenvalue weighted by atomic mass is 9.91. The van der Waals surface area contributed by atoms with Crippen LogP contribution >= 0.6 is 0 Å². The van der Waals surface area contributed by atoms with Crippen LogP contribution in [0.4, 0.5) is 0 Å². The summed E-state index contributed by atoms with van der Waals surface area (Å²) in [4.78, 5) is 0. The Kier molecular flexibility index (Phi) is 7.95. The highest BCUT2D eigenvalue weighted by molar-refractivity contribution is 6.30. The molecular formula is C56H40N6. The molecule has 0 saturated carbocycles. The van der Waals surface area contributed by atoms with Gasteiger partial charge >= 0.3 is 0 Å². The van der Waals surface area contributed by atoms with Crippen molar-refractivity contribution in [2.75, 3.05) is 0 Å². The van der Waals surface area contributed by atoms with Gasteiger partial charge in [0.15, 0.2) is 0 Å². The van der Waals surface area contributed by atoms with Gasteiger partial charge in [-0.3, -0.25) is 0 Å². The predicted molar refractivity (Wildman–Crippen MR) is 258 cm³/mol. The maximum Gasteiger partial charge on any atom is 0.101 e. The average Bonchev–Trinajstić information content (AvgIpc) is 4.05. The summed E-state index contributed by atoms with van der Waals surface area (Å²) in [5.74, 6) is -0.532. The zero-order valence-electron chi connectivity index (χ0n) is 34.5. The molecule has 1 unspecified atom stereocenters. The minimum absolute atomic E-state index is 0.376. The Labute approximate surface area is 357 Å². The van der Waals surface area contributed by atoms with Crippen LogP contribution in [0.25, 0.3) is 110 Å². The molecule has 0 amide bonds. The third kappa shape index (κ3) is 4.89. The van der Waals surface area contributed by atoms with Crippen molar-refractivity contribution >= 4 is 104 Å². The molecule has 4 heterocycles. The van der Waals surface area contributed by atoms with Gasteiger partial charge in [0.05, 0.1) is 61.7 Å². The Morgan fingerprint density at radius 2 is 1.02 bits per heavy atom. The van der Waals surface area contributed by atoms with E-state index in [1.54, 1.807) is 0 Å². The van der Waals surface area contributed by atoms with Gasteiger partial charge in [-0.15, -0.1) is 0 Å². The Hall–Kier alpha value is -8.06. The number of nitriles is 2. The highest BCUT2D eigenvalue weighted by Gasteiger charge is 2.31. The van der Waals surface area contributed by atoms with E-state index in [1.807, 2.05) is 6.08 Å². The van der Waals surface area contributed by atoms with Gasteiger partial charge in [-0.05, 0) is 80.1 Å². The van der Waals surface area contributed by atoms with E-state index in [0.717, 1.165) is 90.1 Å². The summed E-state index contributed by atoms with van der Waals surface area (Å²) in [6, 6.07) is 59.1. The van der Waals surface area contributed by atoms with Crippen LogP contribution in [0.3, 0.4) is 0 Å². The SMILES string of the molecule is CCC/C=C(\C)n1c2ccccc2c2c3c4ccccc4n(C4=C(C#N)C=C(n5c6ccccc6c6c7c8ccccc8n(-c8ccccc8)c7ccc65)C(C#N)C4)c3ccc21. The van der Waals surface area contributed by atoms with Gasteiger partial charge in [0.25, 0.3) is 0 Å². The van der Waals surface area contributed by atoms with Gasteiger partial charge in [-0.1, -0.05) is 110 Å². The molecule has 0 aliphatic heterocycles. The van der Waals surface area contributed by atoms with Gasteiger partial charge < -0.3 is 18.3 Å². The van der Waals surface area contributed by atoms with Crippen molar-refractivity contribution < 1.29 is 0 Å². The molecule has 1 atom stereocenters. The zero-order valence-corrected chi connectivity index (χ0v) is 34.5. The molecule has 7 aromatic carbocycles. The first-order valence-corrected chi connectivity index (χ1v) is 21.5. The van der Waals surface area contributed by atoms with E-state index in [4.69, 9.17) is 0 Å². The molecular weight excluding hydrogens is 757 g/mol. The summed E-state index contributed by atoms with van der Waals surface area (Å²) in [5, 5.41) is 31.6. The molecule has 0 fully saturated rings. The number of aromatic nitrogens is 4. The summed E-state index contributed by atoms with van der Waals surface area (Å²) >= 11 is 0. The van der Waals surface area contributed by atoms with Crippen LogP contribution in [0.2, 0.25) is 0 Å². The second kappa shape index (κ2) is 13.7. The molecule has 0 radical (unpaired) electrons. The van der Waals surface area contributed by atoms with Crippen LogP contribution in [-0.2, 0) is 0 Å². The van der Waals surface area contributed by atoms with Gasteiger partial charge in [0, 0.05) is 72.3 Å². The average molecular weight is 797 g/mol. The maximum atomic E-state index is 11.2. The van der Waals surface area contributed by atoms with Crippen molar-refractivity contribution in [1.29, 1.82) is 10.5 Å². The molecule has 12 rings (SSSR count). The Balaban J connectivity index is 1.13. The molecule has 0 saturated heterocycles. The topological polar surface area (TPSA) is 67.3 Å². The number of nitrogens with zero attached hydrogens (tertiary/aromatic N) is 6. The first-order chi connectivity index (χ1) is 30.6. The smallest absolute Gasteiger partial charge is 0.101 e. The molecule has 0 N–H and O–H groups in total. The summed E-state index contributed by atoms with van der Waals surface area (Å²) in [5.41, 5.74) is 13.2. The van der Waals surface area contributed by atoms with Crippen LogP contribution in [0.15, 0.2) is 169 Å². The fraction of sp³-hybridized carbons (Fsp3) is 0.107. The quantitative estimate of drug-likeness (QED) is 0.168. The predicted octanol–water partition coefficient (Wildman–Crippen LogP) is 14.6. The van der Waals surface area contributed by atoms with Crippen LogP contribution in [0.1, 0.15) is 33.1 Å². The van der Waals surface area contributed by atoms with Crippen LogP contribution in [0.5, 0.6) is 0 Å². The normalized spacial score (nSPS) is 14.9. The molecule has 294 valence electrons. The molecule has 1 aliphatic carbocycles. The van der Waals surface area contributed by atoms with Crippen molar-refractivity contribution in [3.8, 4) is 17.8 Å². The zero-order chi connectivity index (χ0) is 41.6. The summed E-state index contributed by atoms with van der Waals surface area (Å²) in [7, 11) is 0. The molecule has 6 heteroatoms. The number of allylic oxidation sites excluding steroid dienone is 6. The van der Waals surface area contributed by atoms with Crippen molar-refractivity contribution in [2.45, 2.75) is 33.1 Å². The Bertz CT molecular complexity index is 3880. The molecule has 0 bridgehead atoms. The van der Waals surface area contributed by atoms with Crippen molar-refractivity contribution in [1.82, 2.24) is 18.3 Å². The highest BCUT2D eigenvalue weighted by atomic mass is 15.0. The lowest BCUT2D eigenvalue weighted by molar-refractivity contribution is 0.799. The van der Waals surface area contributed by atoms with E-state index in [0.29, 0.717) is 12.0 Å².